The molecule has 6 nitrogen and oxygen atoms in total. The largest absolute Gasteiger partial charge is 0.493 e. The van der Waals surface area contributed by atoms with E-state index in [0.717, 1.165) is 43.2 Å². The van der Waals surface area contributed by atoms with Crippen molar-refractivity contribution in [3.63, 3.8) is 0 Å². The first-order valence-electron chi connectivity index (χ1n) is 10.4. The second kappa shape index (κ2) is 13.3. The minimum absolute atomic E-state index is 0. The smallest absolute Gasteiger partial charge is 0.387 e. The number of likely N-dealkylation sites (tertiary alicyclic amines) is 1. The Bertz CT molecular complexity index is 848. The van der Waals surface area contributed by atoms with Crippen molar-refractivity contribution in [1.82, 2.24) is 10.2 Å². The average Bonchev–Trinajstić information content (AvgIpc) is 2.78. The molecule has 0 spiro atoms. The summed E-state index contributed by atoms with van der Waals surface area (Å²) in [5, 5.41) is 3.36. The molecule has 2 aromatic rings. The lowest BCUT2D eigenvalue weighted by molar-refractivity contribution is -0.0512. The third-order valence-electron chi connectivity index (χ3n) is 5.14. The second-order valence-corrected chi connectivity index (χ2v) is 7.21. The molecule has 0 unspecified atom stereocenters. The highest BCUT2D eigenvalue weighted by Gasteiger charge is 2.22. The third kappa shape index (κ3) is 7.68. The Morgan fingerprint density at radius 1 is 1.12 bits per heavy atom. The fraction of sp³-hybridized carbons (Fsp3) is 0.435. The van der Waals surface area contributed by atoms with E-state index < -0.39 is 6.61 Å². The van der Waals surface area contributed by atoms with E-state index >= 15 is 0 Å². The number of nitrogens with one attached hydrogen (secondary N) is 1. The predicted octanol–water partition coefficient (Wildman–Crippen LogP) is 4.58. The van der Waals surface area contributed by atoms with Crippen LogP contribution in [0.1, 0.15) is 18.4 Å². The third-order valence-corrected chi connectivity index (χ3v) is 5.14. The predicted molar refractivity (Wildman–Crippen MR) is 132 cm³/mol. The second-order valence-electron chi connectivity index (χ2n) is 7.21. The molecule has 1 heterocycles. The van der Waals surface area contributed by atoms with Gasteiger partial charge in [-0.2, -0.15) is 8.78 Å². The normalized spacial score (nSPS) is 14.7. The highest BCUT2D eigenvalue weighted by atomic mass is 127. The summed E-state index contributed by atoms with van der Waals surface area (Å²) in [4.78, 5) is 6.60. The number of alkyl halides is 2. The first-order valence-corrected chi connectivity index (χ1v) is 10.4. The van der Waals surface area contributed by atoms with Crippen LogP contribution in [0.25, 0.3) is 0 Å². The van der Waals surface area contributed by atoms with Gasteiger partial charge in [0.05, 0.1) is 7.11 Å². The van der Waals surface area contributed by atoms with Crippen molar-refractivity contribution >= 4 is 29.9 Å². The molecule has 0 radical (unpaired) electrons. The number of ether oxygens (including phenoxy) is 3. The fourth-order valence-electron chi connectivity index (χ4n) is 3.59. The van der Waals surface area contributed by atoms with E-state index in [1.54, 1.807) is 19.2 Å². The van der Waals surface area contributed by atoms with Crippen molar-refractivity contribution in [3.8, 4) is 17.2 Å². The number of methoxy groups -OCH3 is 1. The van der Waals surface area contributed by atoms with Crippen LogP contribution < -0.4 is 19.5 Å². The maximum absolute atomic E-state index is 12.6. The van der Waals surface area contributed by atoms with Gasteiger partial charge in [0.15, 0.2) is 17.5 Å². The number of piperidine rings is 1. The fourth-order valence-corrected chi connectivity index (χ4v) is 3.59. The number of para-hydroxylation sites is 1. The van der Waals surface area contributed by atoms with Crippen molar-refractivity contribution in [2.24, 2.45) is 4.99 Å². The van der Waals surface area contributed by atoms with Gasteiger partial charge in [0, 0.05) is 39.5 Å². The molecule has 1 aliphatic heterocycles. The molecule has 1 N–H and O–H groups in total. The minimum Gasteiger partial charge on any atom is -0.493 e. The van der Waals surface area contributed by atoms with Crippen LogP contribution in [0, 0.1) is 0 Å². The molecular formula is C23H30F2IN3O3. The molecule has 0 bridgehead atoms. The molecule has 9 heteroatoms. The topological polar surface area (TPSA) is 55.3 Å². The van der Waals surface area contributed by atoms with Gasteiger partial charge in [-0.3, -0.25) is 4.99 Å². The van der Waals surface area contributed by atoms with Gasteiger partial charge >= 0.3 is 6.61 Å². The zero-order chi connectivity index (χ0) is 22.1. The standard InChI is InChI=1S/C23H29F2N3O3.HI/c1-26-23(28-14-11-19(12-15-28)30-18-6-4-3-5-7-18)27-13-10-17-8-9-20(29-2)21(16-17)31-22(24)25;/h3-9,16,19,22H,10-15H2,1-2H3,(H,26,27);1H. The first-order chi connectivity index (χ1) is 15.1. The molecule has 2 aromatic carbocycles. The van der Waals surface area contributed by atoms with E-state index in [4.69, 9.17) is 9.47 Å². The Hall–Kier alpha value is -2.30. The van der Waals surface area contributed by atoms with E-state index in [1.165, 1.54) is 7.11 Å². The van der Waals surface area contributed by atoms with Crippen LogP contribution >= 0.6 is 24.0 Å². The summed E-state index contributed by atoms with van der Waals surface area (Å²) in [6, 6.07) is 14.9. The molecule has 0 aliphatic carbocycles. The van der Waals surface area contributed by atoms with E-state index in [-0.39, 0.29) is 41.6 Å². The Morgan fingerprint density at radius 3 is 2.47 bits per heavy atom. The molecule has 176 valence electrons. The lowest BCUT2D eigenvalue weighted by Crippen LogP contribution is -2.47. The summed E-state index contributed by atoms with van der Waals surface area (Å²) in [5.41, 5.74) is 0.870. The minimum atomic E-state index is -2.89. The van der Waals surface area contributed by atoms with E-state index in [0.29, 0.717) is 13.0 Å². The van der Waals surface area contributed by atoms with E-state index in [2.05, 4.69) is 19.9 Å². The van der Waals surface area contributed by atoms with Crippen LogP contribution in [0.3, 0.4) is 0 Å². The maximum atomic E-state index is 12.6. The lowest BCUT2D eigenvalue weighted by Gasteiger charge is -2.34. The van der Waals surface area contributed by atoms with Crippen LogP contribution in [-0.2, 0) is 6.42 Å². The molecule has 32 heavy (non-hydrogen) atoms. The number of hydrogen-bond donors (Lipinski definition) is 1. The summed E-state index contributed by atoms with van der Waals surface area (Å²) in [6.07, 6.45) is 2.67. The van der Waals surface area contributed by atoms with Gasteiger partial charge in [-0.15, -0.1) is 24.0 Å². The van der Waals surface area contributed by atoms with Gasteiger partial charge < -0.3 is 24.4 Å². The molecule has 0 amide bonds. The van der Waals surface area contributed by atoms with Crippen molar-refractivity contribution in [2.45, 2.75) is 32.0 Å². The zero-order valence-electron chi connectivity index (χ0n) is 18.3. The Labute approximate surface area is 205 Å². The van der Waals surface area contributed by atoms with Crippen molar-refractivity contribution in [3.05, 3.63) is 54.1 Å². The molecule has 0 aromatic heterocycles. The van der Waals surface area contributed by atoms with Crippen LogP contribution in [0.15, 0.2) is 53.5 Å². The summed E-state index contributed by atoms with van der Waals surface area (Å²) < 4.78 is 40.9. The molecule has 1 aliphatic rings. The monoisotopic (exact) mass is 561 g/mol. The quantitative estimate of drug-likeness (QED) is 0.291. The molecule has 1 fully saturated rings. The number of hydrogen-bond acceptors (Lipinski definition) is 4. The van der Waals surface area contributed by atoms with Crippen LogP contribution in [-0.4, -0.2) is 57.4 Å². The van der Waals surface area contributed by atoms with Crippen LogP contribution in [0.4, 0.5) is 8.78 Å². The maximum Gasteiger partial charge on any atom is 0.387 e. The highest BCUT2D eigenvalue weighted by Crippen LogP contribution is 2.29. The zero-order valence-corrected chi connectivity index (χ0v) is 20.6. The Balaban J connectivity index is 0.00000363. The van der Waals surface area contributed by atoms with Crippen molar-refractivity contribution in [1.29, 1.82) is 0 Å². The number of benzene rings is 2. The van der Waals surface area contributed by atoms with Crippen molar-refractivity contribution < 1.29 is 23.0 Å². The summed E-state index contributed by atoms with van der Waals surface area (Å²) >= 11 is 0. The number of rotatable bonds is 8. The first kappa shape index (κ1) is 26.0. The number of nitrogens with zero attached hydrogens (tertiary/aromatic N) is 2. The van der Waals surface area contributed by atoms with E-state index in [1.807, 2.05) is 36.4 Å². The SMILES string of the molecule is CN=C(NCCc1ccc(OC)c(OC(F)F)c1)N1CCC(Oc2ccccc2)CC1.I. The Morgan fingerprint density at radius 2 is 1.84 bits per heavy atom. The molecule has 0 atom stereocenters. The molecule has 1 saturated heterocycles. The summed E-state index contributed by atoms with van der Waals surface area (Å²) in [7, 11) is 3.18. The molecule has 3 rings (SSSR count). The van der Waals surface area contributed by atoms with Gasteiger partial charge in [-0.25, -0.2) is 0 Å². The van der Waals surface area contributed by atoms with Crippen molar-refractivity contribution in [2.75, 3.05) is 33.8 Å². The van der Waals surface area contributed by atoms with Crippen LogP contribution in [0.2, 0.25) is 0 Å². The average molecular weight is 561 g/mol. The molecular weight excluding hydrogens is 531 g/mol. The van der Waals surface area contributed by atoms with Crippen LogP contribution in [0.5, 0.6) is 17.2 Å². The molecule has 0 saturated carbocycles. The van der Waals surface area contributed by atoms with Gasteiger partial charge in [-0.1, -0.05) is 24.3 Å². The number of halogens is 3. The van der Waals surface area contributed by atoms with Gasteiger partial charge in [0.25, 0.3) is 0 Å². The number of guanidine groups is 1. The lowest BCUT2D eigenvalue weighted by atomic mass is 10.1. The summed E-state index contributed by atoms with van der Waals surface area (Å²) in [5.74, 6) is 2.06. The summed E-state index contributed by atoms with van der Waals surface area (Å²) in [6.45, 7) is -0.568. The van der Waals surface area contributed by atoms with E-state index in [9.17, 15) is 8.78 Å². The highest BCUT2D eigenvalue weighted by molar-refractivity contribution is 14.0. The number of aliphatic imine (C=N–C) groups is 1. The Kier molecular flexibility index (Phi) is 10.8. The van der Waals surface area contributed by atoms with Gasteiger partial charge in [-0.05, 0) is 36.2 Å². The van der Waals surface area contributed by atoms with Gasteiger partial charge in [0.1, 0.15) is 11.9 Å². The van der Waals surface area contributed by atoms with Gasteiger partial charge in [0.2, 0.25) is 0 Å².